The summed E-state index contributed by atoms with van der Waals surface area (Å²) in [5, 5.41) is 0. The monoisotopic (exact) mass is 431 g/mol. The lowest BCUT2D eigenvalue weighted by atomic mass is 9.86. The summed E-state index contributed by atoms with van der Waals surface area (Å²) in [7, 11) is 2.10. The van der Waals surface area contributed by atoms with Crippen molar-refractivity contribution in [2.24, 2.45) is 7.05 Å². The molecule has 1 aromatic carbocycles. The van der Waals surface area contributed by atoms with E-state index in [2.05, 4.69) is 117 Å². The maximum Gasteiger partial charge on any atom is 0.212 e. The van der Waals surface area contributed by atoms with Crippen LogP contribution in [0.3, 0.4) is 0 Å². The van der Waals surface area contributed by atoms with Crippen molar-refractivity contribution in [2.45, 2.75) is 85.5 Å². The Morgan fingerprint density at radius 3 is 1.75 bits per heavy atom. The molecule has 0 amide bonds. The van der Waals surface area contributed by atoms with E-state index < -0.39 is 0 Å². The van der Waals surface area contributed by atoms with Crippen molar-refractivity contribution in [3.8, 4) is 22.6 Å². The Labute approximate surface area is 194 Å². The summed E-state index contributed by atoms with van der Waals surface area (Å²) in [4.78, 5) is 14.6. The molecule has 32 heavy (non-hydrogen) atoms. The molecule has 0 saturated carbocycles. The van der Waals surface area contributed by atoms with Gasteiger partial charge in [0.25, 0.3) is 0 Å². The fourth-order valence-electron chi connectivity index (χ4n) is 3.52. The minimum Gasteiger partial charge on any atom is -0.217 e. The highest BCUT2D eigenvalue weighted by Gasteiger charge is 2.26. The minimum atomic E-state index is -0.154. The molecule has 4 nitrogen and oxygen atoms in total. The molecular weight excluding hydrogens is 392 g/mol. The largest absolute Gasteiger partial charge is 0.217 e. The van der Waals surface area contributed by atoms with Gasteiger partial charge in [-0.05, 0) is 29.5 Å². The molecule has 2 heterocycles. The highest BCUT2D eigenvalue weighted by atomic mass is 15.1. The zero-order valence-corrected chi connectivity index (χ0v) is 21.8. The van der Waals surface area contributed by atoms with Crippen molar-refractivity contribution >= 4 is 0 Å². The smallest absolute Gasteiger partial charge is 0.212 e. The van der Waals surface area contributed by atoms with E-state index >= 15 is 0 Å². The second-order valence-corrected chi connectivity index (χ2v) is 12.0. The number of aryl methyl sites for hydroxylation is 2. The fraction of sp³-hybridized carbons (Fsp3) is 0.500. The third kappa shape index (κ3) is 5.06. The second kappa shape index (κ2) is 8.06. The van der Waals surface area contributed by atoms with Crippen LogP contribution in [0.2, 0.25) is 0 Å². The summed E-state index contributed by atoms with van der Waals surface area (Å²) in [6.07, 6.45) is 2.15. The summed E-state index contributed by atoms with van der Waals surface area (Å²) >= 11 is 0. The molecule has 4 heteroatoms. The molecule has 0 bridgehead atoms. The summed E-state index contributed by atoms with van der Waals surface area (Å²) in [6, 6.07) is 11.0. The van der Waals surface area contributed by atoms with E-state index in [1.807, 2.05) is 0 Å². The van der Waals surface area contributed by atoms with Crippen molar-refractivity contribution in [2.75, 3.05) is 0 Å². The lowest BCUT2D eigenvalue weighted by Gasteiger charge is -2.23. The molecular formula is C28H39N4+. The molecule has 0 radical (unpaired) electrons. The van der Waals surface area contributed by atoms with E-state index in [1.54, 1.807) is 0 Å². The Hall–Kier alpha value is -2.62. The van der Waals surface area contributed by atoms with Gasteiger partial charge >= 0.3 is 0 Å². The summed E-state index contributed by atoms with van der Waals surface area (Å²) < 4.78 is 2.19. The summed E-state index contributed by atoms with van der Waals surface area (Å²) in [6.45, 7) is 21.8. The van der Waals surface area contributed by atoms with Crippen LogP contribution in [0, 0.1) is 6.92 Å². The maximum atomic E-state index is 4.90. The third-order valence-electron chi connectivity index (χ3n) is 5.76. The van der Waals surface area contributed by atoms with E-state index in [0.29, 0.717) is 0 Å². The van der Waals surface area contributed by atoms with E-state index in [0.717, 1.165) is 23.0 Å². The van der Waals surface area contributed by atoms with Gasteiger partial charge in [0.15, 0.2) is 12.0 Å². The molecule has 3 aromatic rings. The predicted octanol–water partition coefficient (Wildman–Crippen LogP) is 6.23. The Bertz CT molecular complexity index is 1110. The van der Waals surface area contributed by atoms with Crippen molar-refractivity contribution in [1.29, 1.82) is 0 Å². The number of pyridine rings is 1. The van der Waals surface area contributed by atoms with Gasteiger partial charge in [-0.1, -0.05) is 74.4 Å². The first-order valence-electron chi connectivity index (χ1n) is 11.5. The Morgan fingerprint density at radius 2 is 1.25 bits per heavy atom. The van der Waals surface area contributed by atoms with Crippen LogP contribution in [0.5, 0.6) is 0 Å². The number of nitrogens with zero attached hydrogens (tertiary/aromatic N) is 4. The first kappa shape index (κ1) is 24.0. The van der Waals surface area contributed by atoms with Gasteiger partial charge in [-0.15, -0.1) is 0 Å². The minimum absolute atomic E-state index is 0.0892. The predicted molar refractivity (Wildman–Crippen MR) is 133 cm³/mol. The number of aromatic nitrogens is 4. The van der Waals surface area contributed by atoms with E-state index in [9.17, 15) is 0 Å². The molecule has 0 aliphatic heterocycles. The fourth-order valence-corrected chi connectivity index (χ4v) is 3.52. The molecule has 0 fully saturated rings. The molecule has 2 aromatic heterocycles. The molecule has 0 aliphatic carbocycles. The molecule has 0 saturated heterocycles. The van der Waals surface area contributed by atoms with Crippen LogP contribution in [0.1, 0.15) is 85.1 Å². The van der Waals surface area contributed by atoms with Crippen LogP contribution in [0.25, 0.3) is 22.6 Å². The molecule has 0 atom stereocenters. The lowest BCUT2D eigenvalue weighted by Crippen LogP contribution is -2.31. The average Bonchev–Trinajstić information content (AvgIpc) is 2.66. The van der Waals surface area contributed by atoms with Gasteiger partial charge in [0, 0.05) is 34.1 Å². The quantitative estimate of drug-likeness (QED) is 0.452. The van der Waals surface area contributed by atoms with E-state index in [-0.39, 0.29) is 16.2 Å². The van der Waals surface area contributed by atoms with Crippen LogP contribution < -0.4 is 4.57 Å². The first-order valence-corrected chi connectivity index (χ1v) is 11.5. The Kier molecular flexibility index (Phi) is 6.05. The van der Waals surface area contributed by atoms with Crippen LogP contribution in [-0.4, -0.2) is 15.0 Å². The Morgan fingerprint density at radius 1 is 0.688 bits per heavy atom. The highest BCUT2D eigenvalue weighted by molar-refractivity contribution is 5.70. The summed E-state index contributed by atoms with van der Waals surface area (Å²) in [5.74, 6) is 2.40. The van der Waals surface area contributed by atoms with Crippen molar-refractivity contribution in [1.82, 2.24) is 15.0 Å². The van der Waals surface area contributed by atoms with Crippen molar-refractivity contribution in [3.63, 3.8) is 0 Å². The zero-order chi connectivity index (χ0) is 24.1. The molecule has 0 aliphatic rings. The molecule has 170 valence electrons. The van der Waals surface area contributed by atoms with Gasteiger partial charge in [-0.25, -0.2) is 19.5 Å². The van der Waals surface area contributed by atoms with E-state index in [4.69, 9.17) is 15.0 Å². The standard InChI is InChI=1S/C28H39N4/c1-18-12-13-19(16-21(18)22-17-20(26(2,3)4)14-15-32(22)11)23-29-24(27(5,6)7)31-25(30-23)28(8,9)10/h12-17H,1-11H3/q+1. The lowest BCUT2D eigenvalue weighted by molar-refractivity contribution is -0.660. The first-order chi connectivity index (χ1) is 14.6. The number of hydrogen-bond donors (Lipinski definition) is 0. The topological polar surface area (TPSA) is 42.6 Å². The van der Waals surface area contributed by atoms with Crippen molar-refractivity contribution in [3.05, 3.63) is 59.3 Å². The molecule has 3 rings (SSSR count). The SMILES string of the molecule is Cc1ccc(-c2nc(C(C)(C)C)nc(C(C)(C)C)n2)cc1-c1cc(C(C)(C)C)cc[n+]1C. The maximum absolute atomic E-state index is 4.90. The van der Waals surface area contributed by atoms with Crippen LogP contribution in [-0.2, 0) is 23.3 Å². The van der Waals surface area contributed by atoms with E-state index in [1.165, 1.54) is 22.4 Å². The highest BCUT2D eigenvalue weighted by Crippen LogP contribution is 2.31. The third-order valence-corrected chi connectivity index (χ3v) is 5.76. The molecule has 0 N–H and O–H groups in total. The molecule has 0 unspecified atom stereocenters. The van der Waals surface area contributed by atoms with Gasteiger partial charge in [0.1, 0.15) is 18.7 Å². The second-order valence-electron chi connectivity index (χ2n) is 12.0. The average molecular weight is 432 g/mol. The number of rotatable bonds is 2. The van der Waals surface area contributed by atoms with Gasteiger partial charge < -0.3 is 0 Å². The zero-order valence-electron chi connectivity index (χ0n) is 21.8. The summed E-state index contributed by atoms with van der Waals surface area (Å²) in [5.41, 5.74) is 5.75. The van der Waals surface area contributed by atoms with Crippen LogP contribution >= 0.6 is 0 Å². The molecule has 0 spiro atoms. The van der Waals surface area contributed by atoms with Crippen LogP contribution in [0.4, 0.5) is 0 Å². The number of hydrogen-bond acceptors (Lipinski definition) is 3. The Balaban J connectivity index is 2.23. The van der Waals surface area contributed by atoms with Gasteiger partial charge in [0.05, 0.1) is 0 Å². The van der Waals surface area contributed by atoms with Crippen LogP contribution in [0.15, 0.2) is 36.5 Å². The van der Waals surface area contributed by atoms with Gasteiger partial charge in [-0.2, -0.15) is 0 Å². The normalized spacial score (nSPS) is 12.8. The number of benzene rings is 1. The van der Waals surface area contributed by atoms with Gasteiger partial charge in [-0.3, -0.25) is 0 Å². The van der Waals surface area contributed by atoms with Gasteiger partial charge in [0.2, 0.25) is 5.69 Å². The van der Waals surface area contributed by atoms with Crippen molar-refractivity contribution < 1.29 is 4.57 Å².